The zero-order chi connectivity index (χ0) is 17.7. The molecule has 2 aromatic carbocycles. The van der Waals surface area contributed by atoms with E-state index in [1.807, 2.05) is 13.0 Å². The highest BCUT2D eigenvalue weighted by molar-refractivity contribution is 6.33. The molecule has 126 valence electrons. The maximum absolute atomic E-state index is 12.1. The Morgan fingerprint density at radius 2 is 1.79 bits per heavy atom. The van der Waals surface area contributed by atoms with Gasteiger partial charge < -0.3 is 10.2 Å². The topological polar surface area (TPSA) is 49.4 Å². The van der Waals surface area contributed by atoms with E-state index >= 15 is 0 Å². The third-order valence-corrected chi connectivity index (χ3v) is 4.27. The average Bonchev–Trinajstić information content (AvgIpc) is 2.52. The summed E-state index contributed by atoms with van der Waals surface area (Å²) in [6, 6.07) is 12.4. The SMILES string of the molecule is CC(=O)N(CCC(=O)Nc1ccc(C)c(Cl)c1)c1ccccc1Cl. The highest BCUT2D eigenvalue weighted by Crippen LogP contribution is 2.25. The van der Waals surface area contributed by atoms with Crippen LogP contribution >= 0.6 is 23.2 Å². The van der Waals surface area contributed by atoms with E-state index in [2.05, 4.69) is 5.32 Å². The van der Waals surface area contributed by atoms with E-state index < -0.39 is 0 Å². The van der Waals surface area contributed by atoms with Crippen LogP contribution in [0.3, 0.4) is 0 Å². The molecule has 0 unspecified atom stereocenters. The maximum atomic E-state index is 12.1. The van der Waals surface area contributed by atoms with E-state index in [-0.39, 0.29) is 24.8 Å². The molecule has 0 aromatic heterocycles. The summed E-state index contributed by atoms with van der Waals surface area (Å²) in [5.74, 6) is -0.373. The van der Waals surface area contributed by atoms with Crippen molar-refractivity contribution in [3.8, 4) is 0 Å². The molecular weight excluding hydrogens is 347 g/mol. The average molecular weight is 365 g/mol. The number of anilines is 2. The Labute approximate surface area is 151 Å². The number of amides is 2. The fraction of sp³-hybridized carbons (Fsp3) is 0.222. The minimum atomic E-state index is -0.201. The molecule has 0 bridgehead atoms. The van der Waals surface area contributed by atoms with Crippen LogP contribution in [-0.2, 0) is 9.59 Å². The molecule has 2 aromatic rings. The Bertz CT molecular complexity index is 762. The molecule has 0 aliphatic heterocycles. The predicted molar refractivity (Wildman–Crippen MR) is 98.9 cm³/mol. The predicted octanol–water partition coefficient (Wildman–Crippen LogP) is 4.68. The summed E-state index contributed by atoms with van der Waals surface area (Å²) in [5, 5.41) is 3.84. The normalized spacial score (nSPS) is 10.3. The summed E-state index contributed by atoms with van der Waals surface area (Å²) in [6.07, 6.45) is 0.149. The van der Waals surface area contributed by atoms with Gasteiger partial charge >= 0.3 is 0 Å². The van der Waals surface area contributed by atoms with E-state index in [9.17, 15) is 9.59 Å². The largest absolute Gasteiger partial charge is 0.326 e. The summed E-state index contributed by atoms with van der Waals surface area (Å²) in [6.45, 7) is 3.58. The standard InChI is InChI=1S/C18H18Cl2N2O2/c1-12-7-8-14(11-16(12)20)21-18(24)9-10-22(13(2)23)17-6-4-3-5-15(17)19/h3-8,11H,9-10H2,1-2H3,(H,21,24). The highest BCUT2D eigenvalue weighted by Gasteiger charge is 2.16. The van der Waals surface area contributed by atoms with Gasteiger partial charge in [0.05, 0.1) is 10.7 Å². The van der Waals surface area contributed by atoms with Gasteiger partial charge in [-0.2, -0.15) is 0 Å². The van der Waals surface area contributed by atoms with Crippen LogP contribution in [0.4, 0.5) is 11.4 Å². The Morgan fingerprint density at radius 1 is 1.08 bits per heavy atom. The molecule has 0 aliphatic carbocycles. The van der Waals surface area contributed by atoms with Crippen molar-refractivity contribution in [3.63, 3.8) is 0 Å². The fourth-order valence-electron chi connectivity index (χ4n) is 2.23. The van der Waals surface area contributed by atoms with E-state index in [1.165, 1.54) is 11.8 Å². The minimum Gasteiger partial charge on any atom is -0.326 e. The molecule has 4 nitrogen and oxygen atoms in total. The van der Waals surface area contributed by atoms with Gasteiger partial charge in [-0.25, -0.2) is 0 Å². The van der Waals surface area contributed by atoms with Gasteiger partial charge in [0.15, 0.2) is 0 Å². The molecule has 6 heteroatoms. The molecule has 2 rings (SSSR count). The van der Waals surface area contributed by atoms with Crippen LogP contribution in [0.1, 0.15) is 18.9 Å². The molecule has 0 aliphatic rings. The lowest BCUT2D eigenvalue weighted by atomic mass is 10.2. The number of nitrogens with zero attached hydrogens (tertiary/aromatic N) is 1. The molecule has 0 radical (unpaired) electrons. The van der Waals surface area contributed by atoms with Crippen LogP contribution in [0.25, 0.3) is 0 Å². The molecule has 0 fully saturated rings. The number of carbonyl (C=O) groups excluding carboxylic acids is 2. The van der Waals surface area contributed by atoms with E-state index in [1.54, 1.807) is 36.4 Å². The van der Waals surface area contributed by atoms with E-state index in [4.69, 9.17) is 23.2 Å². The number of aryl methyl sites for hydroxylation is 1. The fourth-order valence-corrected chi connectivity index (χ4v) is 2.64. The first-order chi connectivity index (χ1) is 11.4. The second-order valence-corrected chi connectivity index (χ2v) is 6.20. The Balaban J connectivity index is 2.01. The third-order valence-electron chi connectivity index (χ3n) is 3.54. The third kappa shape index (κ3) is 4.73. The van der Waals surface area contributed by atoms with Crippen molar-refractivity contribution in [2.24, 2.45) is 0 Å². The molecule has 24 heavy (non-hydrogen) atoms. The number of para-hydroxylation sites is 1. The van der Waals surface area contributed by atoms with Crippen LogP contribution in [0, 0.1) is 6.92 Å². The smallest absolute Gasteiger partial charge is 0.226 e. The van der Waals surface area contributed by atoms with Crippen LogP contribution in [-0.4, -0.2) is 18.4 Å². The summed E-state index contributed by atoms with van der Waals surface area (Å²) in [7, 11) is 0. The monoisotopic (exact) mass is 364 g/mol. The molecule has 2 amide bonds. The highest BCUT2D eigenvalue weighted by atomic mass is 35.5. The number of nitrogens with one attached hydrogen (secondary N) is 1. The number of benzene rings is 2. The van der Waals surface area contributed by atoms with Gasteiger partial charge in [-0.15, -0.1) is 0 Å². The van der Waals surface area contributed by atoms with Crippen LogP contribution in [0.15, 0.2) is 42.5 Å². The van der Waals surface area contributed by atoms with Gasteiger partial charge in [-0.05, 0) is 36.8 Å². The number of halogens is 2. The molecule has 0 spiro atoms. The lowest BCUT2D eigenvalue weighted by Crippen LogP contribution is -2.32. The summed E-state index contributed by atoms with van der Waals surface area (Å²) >= 11 is 12.2. The van der Waals surface area contributed by atoms with Gasteiger partial charge in [0, 0.05) is 30.6 Å². The van der Waals surface area contributed by atoms with Crippen molar-refractivity contribution in [1.82, 2.24) is 0 Å². The minimum absolute atomic E-state index is 0.149. The second-order valence-electron chi connectivity index (χ2n) is 5.38. The summed E-state index contributed by atoms with van der Waals surface area (Å²) in [4.78, 5) is 25.5. The van der Waals surface area contributed by atoms with Crippen LogP contribution in [0.5, 0.6) is 0 Å². The summed E-state index contributed by atoms with van der Waals surface area (Å²) in [5.41, 5.74) is 2.16. The summed E-state index contributed by atoms with van der Waals surface area (Å²) < 4.78 is 0. The first kappa shape index (κ1) is 18.3. The Hall–Kier alpha value is -2.04. The molecular formula is C18H18Cl2N2O2. The van der Waals surface area contributed by atoms with Gasteiger partial charge in [-0.1, -0.05) is 41.4 Å². The Morgan fingerprint density at radius 3 is 2.42 bits per heavy atom. The van der Waals surface area contributed by atoms with Gasteiger partial charge in [0.25, 0.3) is 0 Å². The van der Waals surface area contributed by atoms with Crippen molar-refractivity contribution < 1.29 is 9.59 Å². The number of carbonyl (C=O) groups is 2. The van der Waals surface area contributed by atoms with Crippen LogP contribution < -0.4 is 10.2 Å². The van der Waals surface area contributed by atoms with Gasteiger partial charge in [0.2, 0.25) is 11.8 Å². The van der Waals surface area contributed by atoms with Gasteiger partial charge in [-0.3, -0.25) is 9.59 Å². The number of hydrogen-bond acceptors (Lipinski definition) is 2. The van der Waals surface area contributed by atoms with Crippen molar-refractivity contribution >= 4 is 46.4 Å². The lowest BCUT2D eigenvalue weighted by molar-refractivity contribution is -0.117. The van der Waals surface area contributed by atoms with E-state index in [0.717, 1.165) is 5.56 Å². The number of hydrogen-bond donors (Lipinski definition) is 1. The van der Waals surface area contributed by atoms with Crippen LogP contribution in [0.2, 0.25) is 10.0 Å². The molecule has 1 N–H and O–H groups in total. The molecule has 0 saturated carbocycles. The van der Waals surface area contributed by atoms with Crippen molar-refractivity contribution in [1.29, 1.82) is 0 Å². The Kier molecular flexibility index (Phi) is 6.23. The zero-order valence-corrected chi connectivity index (χ0v) is 15.0. The maximum Gasteiger partial charge on any atom is 0.226 e. The molecule has 0 heterocycles. The second kappa shape index (κ2) is 8.18. The first-order valence-corrected chi connectivity index (χ1v) is 8.22. The first-order valence-electron chi connectivity index (χ1n) is 7.47. The molecule has 0 atom stereocenters. The van der Waals surface area contributed by atoms with E-state index in [0.29, 0.717) is 21.4 Å². The van der Waals surface area contributed by atoms with Gasteiger partial charge in [0.1, 0.15) is 0 Å². The van der Waals surface area contributed by atoms with Crippen molar-refractivity contribution in [2.75, 3.05) is 16.8 Å². The van der Waals surface area contributed by atoms with Crippen molar-refractivity contribution in [3.05, 3.63) is 58.1 Å². The quantitative estimate of drug-likeness (QED) is 0.836. The number of rotatable bonds is 5. The zero-order valence-electron chi connectivity index (χ0n) is 13.5. The lowest BCUT2D eigenvalue weighted by Gasteiger charge is -2.22. The molecule has 0 saturated heterocycles. The van der Waals surface area contributed by atoms with Crippen molar-refractivity contribution in [2.45, 2.75) is 20.3 Å².